The molecular weight excluding hydrogens is 475 g/mol. The number of rotatable bonds is 5. The van der Waals surface area contributed by atoms with Gasteiger partial charge in [0, 0.05) is 48.0 Å². The summed E-state index contributed by atoms with van der Waals surface area (Å²) >= 11 is 0. The maximum atomic E-state index is 13.4. The number of benzene rings is 2. The van der Waals surface area contributed by atoms with Crippen LogP contribution in [0.25, 0.3) is 5.57 Å². The molecular formula is C26H26F3N3O4. The molecule has 0 aliphatic carbocycles. The summed E-state index contributed by atoms with van der Waals surface area (Å²) in [4.78, 5) is 38.7. The third-order valence-corrected chi connectivity index (χ3v) is 6.31. The van der Waals surface area contributed by atoms with E-state index >= 15 is 0 Å². The zero-order valence-corrected chi connectivity index (χ0v) is 19.6. The van der Waals surface area contributed by atoms with E-state index in [4.69, 9.17) is 0 Å². The van der Waals surface area contributed by atoms with E-state index in [2.05, 4.69) is 10.6 Å². The van der Waals surface area contributed by atoms with Crippen LogP contribution in [0.1, 0.15) is 49.3 Å². The first-order valence-corrected chi connectivity index (χ1v) is 11.7. The zero-order chi connectivity index (χ0) is 26.0. The minimum absolute atomic E-state index is 0.0338. The standard InChI is InChI=1S/C26H26F3N3O4/c1-2-3-7-24(35)32-11-10-15(17-9-8-16(13-21(17)32)26(27,28)29)12-23(34)30-19-5-4-6-20-18(19)14-22(33)25(36)31-20/h4-6,8-9,12-13,22,33H,2-3,7,10-11,14H2,1H3,(H,30,34)(H,31,36)/b15-12+. The van der Waals surface area contributed by atoms with Crippen LogP contribution in [0.3, 0.4) is 0 Å². The van der Waals surface area contributed by atoms with Crippen LogP contribution in [0.4, 0.5) is 30.2 Å². The molecule has 0 fully saturated rings. The van der Waals surface area contributed by atoms with E-state index < -0.39 is 29.7 Å². The average molecular weight is 502 g/mol. The minimum atomic E-state index is -4.57. The lowest BCUT2D eigenvalue weighted by atomic mass is 9.93. The van der Waals surface area contributed by atoms with Crippen LogP contribution in [-0.4, -0.2) is 35.5 Å². The van der Waals surface area contributed by atoms with Crippen molar-refractivity contribution in [1.82, 2.24) is 0 Å². The maximum absolute atomic E-state index is 13.4. The Bertz CT molecular complexity index is 1240. The van der Waals surface area contributed by atoms with Crippen LogP contribution in [-0.2, 0) is 27.0 Å². The van der Waals surface area contributed by atoms with Crippen molar-refractivity contribution in [3.8, 4) is 0 Å². The van der Waals surface area contributed by atoms with Crippen molar-refractivity contribution >= 4 is 40.4 Å². The monoisotopic (exact) mass is 501 g/mol. The first-order valence-electron chi connectivity index (χ1n) is 11.7. The highest BCUT2D eigenvalue weighted by Gasteiger charge is 2.34. The number of hydrogen-bond donors (Lipinski definition) is 3. The molecule has 1 atom stereocenters. The van der Waals surface area contributed by atoms with Crippen LogP contribution >= 0.6 is 0 Å². The van der Waals surface area contributed by atoms with Crippen molar-refractivity contribution in [2.24, 2.45) is 0 Å². The first kappa shape index (κ1) is 25.4. The maximum Gasteiger partial charge on any atom is 0.416 e. The second-order valence-electron chi connectivity index (χ2n) is 8.83. The number of anilines is 3. The highest BCUT2D eigenvalue weighted by atomic mass is 19.4. The molecule has 36 heavy (non-hydrogen) atoms. The van der Waals surface area contributed by atoms with Crippen LogP contribution in [0, 0.1) is 0 Å². The summed E-state index contributed by atoms with van der Waals surface area (Å²) in [5.74, 6) is -1.29. The summed E-state index contributed by atoms with van der Waals surface area (Å²) in [6.07, 6.45) is -2.52. The Labute approximate surface area is 206 Å². The van der Waals surface area contributed by atoms with Crippen molar-refractivity contribution in [1.29, 1.82) is 0 Å². The predicted octanol–water partition coefficient (Wildman–Crippen LogP) is 4.51. The topological polar surface area (TPSA) is 98.7 Å². The summed E-state index contributed by atoms with van der Waals surface area (Å²) in [6, 6.07) is 8.15. The minimum Gasteiger partial charge on any atom is -0.383 e. The van der Waals surface area contributed by atoms with Gasteiger partial charge in [-0.25, -0.2) is 0 Å². The van der Waals surface area contributed by atoms with Gasteiger partial charge in [-0.1, -0.05) is 25.5 Å². The third kappa shape index (κ3) is 5.28. The Morgan fingerprint density at radius 1 is 1.25 bits per heavy atom. The molecule has 2 aliphatic heterocycles. The van der Waals surface area contributed by atoms with Crippen molar-refractivity contribution in [2.75, 3.05) is 22.1 Å². The van der Waals surface area contributed by atoms with Gasteiger partial charge >= 0.3 is 6.18 Å². The van der Waals surface area contributed by atoms with Gasteiger partial charge in [0.2, 0.25) is 11.8 Å². The Morgan fingerprint density at radius 3 is 2.75 bits per heavy atom. The molecule has 10 heteroatoms. The predicted molar refractivity (Wildman–Crippen MR) is 129 cm³/mol. The van der Waals surface area contributed by atoms with E-state index in [9.17, 15) is 32.7 Å². The fourth-order valence-electron chi connectivity index (χ4n) is 4.43. The molecule has 0 radical (unpaired) electrons. The molecule has 2 aliphatic rings. The number of carbonyl (C=O) groups excluding carboxylic acids is 3. The number of amides is 3. The highest BCUT2D eigenvalue weighted by molar-refractivity contribution is 6.08. The average Bonchev–Trinajstić information content (AvgIpc) is 2.83. The van der Waals surface area contributed by atoms with Crippen molar-refractivity contribution < 1.29 is 32.7 Å². The molecule has 0 saturated heterocycles. The summed E-state index contributed by atoms with van der Waals surface area (Å²) in [6.45, 7) is 2.09. The quantitative estimate of drug-likeness (QED) is 0.525. The van der Waals surface area contributed by atoms with Crippen LogP contribution < -0.4 is 15.5 Å². The molecule has 0 aromatic heterocycles. The number of nitrogens with one attached hydrogen (secondary N) is 2. The number of aliphatic hydroxyl groups excluding tert-OH is 1. The summed E-state index contributed by atoms with van der Waals surface area (Å²) in [5, 5.41) is 15.2. The molecule has 0 saturated carbocycles. The molecule has 0 spiro atoms. The number of unbranched alkanes of at least 4 members (excludes halogenated alkanes) is 1. The zero-order valence-electron chi connectivity index (χ0n) is 19.6. The smallest absolute Gasteiger partial charge is 0.383 e. The van der Waals surface area contributed by atoms with Crippen molar-refractivity contribution in [3.63, 3.8) is 0 Å². The lowest BCUT2D eigenvalue weighted by Crippen LogP contribution is -2.35. The molecule has 3 N–H and O–H groups in total. The Balaban J connectivity index is 1.64. The van der Waals surface area contributed by atoms with Gasteiger partial charge in [0.25, 0.3) is 5.91 Å². The molecule has 2 heterocycles. The number of halogens is 3. The fourth-order valence-corrected chi connectivity index (χ4v) is 4.43. The van der Waals surface area contributed by atoms with E-state index in [1.807, 2.05) is 6.92 Å². The lowest BCUT2D eigenvalue weighted by molar-refractivity contribution is -0.137. The third-order valence-electron chi connectivity index (χ3n) is 6.31. The van der Waals surface area contributed by atoms with Gasteiger partial charge in [-0.2, -0.15) is 13.2 Å². The molecule has 0 bridgehead atoms. The normalized spacial score (nSPS) is 18.4. The number of fused-ring (bicyclic) bond motifs is 2. The van der Waals surface area contributed by atoms with E-state index in [-0.39, 0.29) is 31.0 Å². The van der Waals surface area contributed by atoms with Gasteiger partial charge in [0.15, 0.2) is 0 Å². The number of carbonyl (C=O) groups is 3. The number of hydrogen-bond acceptors (Lipinski definition) is 4. The number of alkyl halides is 3. The SMILES string of the molecule is CCCCC(=O)N1CC/C(=C\C(=O)Nc2cccc3c2CC(O)C(=O)N3)c2ccc(C(F)(F)F)cc21. The van der Waals surface area contributed by atoms with E-state index in [1.54, 1.807) is 18.2 Å². The van der Waals surface area contributed by atoms with E-state index in [0.717, 1.165) is 18.6 Å². The molecule has 2 aromatic carbocycles. The van der Waals surface area contributed by atoms with Gasteiger partial charge in [0.05, 0.1) is 11.3 Å². The molecule has 4 rings (SSSR count). The van der Waals surface area contributed by atoms with Gasteiger partial charge in [0.1, 0.15) is 6.10 Å². The van der Waals surface area contributed by atoms with Gasteiger partial charge in [-0.05, 0) is 42.7 Å². The first-order chi connectivity index (χ1) is 17.1. The Morgan fingerprint density at radius 2 is 2.03 bits per heavy atom. The van der Waals surface area contributed by atoms with Gasteiger partial charge in [-0.3, -0.25) is 14.4 Å². The van der Waals surface area contributed by atoms with Crippen molar-refractivity contribution in [3.05, 3.63) is 59.2 Å². The fraction of sp³-hybridized carbons (Fsp3) is 0.346. The molecule has 1 unspecified atom stereocenters. The number of nitrogens with zero attached hydrogens (tertiary/aromatic N) is 1. The molecule has 2 aromatic rings. The number of aliphatic hydroxyl groups is 1. The Hall–Kier alpha value is -3.66. The lowest BCUT2D eigenvalue weighted by Gasteiger charge is -2.32. The summed E-state index contributed by atoms with van der Waals surface area (Å²) in [7, 11) is 0. The molecule has 3 amide bonds. The summed E-state index contributed by atoms with van der Waals surface area (Å²) < 4.78 is 40.2. The van der Waals surface area contributed by atoms with Gasteiger partial charge < -0.3 is 20.6 Å². The highest BCUT2D eigenvalue weighted by Crippen LogP contribution is 2.40. The van der Waals surface area contributed by atoms with Crippen LogP contribution in [0.5, 0.6) is 0 Å². The molecule has 190 valence electrons. The largest absolute Gasteiger partial charge is 0.416 e. The van der Waals surface area contributed by atoms with Gasteiger partial charge in [-0.15, -0.1) is 0 Å². The van der Waals surface area contributed by atoms with Crippen molar-refractivity contribution in [2.45, 2.75) is 51.3 Å². The van der Waals surface area contributed by atoms with E-state index in [0.29, 0.717) is 40.9 Å². The Kier molecular flexibility index (Phi) is 7.16. The second kappa shape index (κ2) is 10.1. The summed E-state index contributed by atoms with van der Waals surface area (Å²) in [5.41, 5.74) is 1.65. The van der Waals surface area contributed by atoms with Crippen LogP contribution in [0.2, 0.25) is 0 Å². The van der Waals surface area contributed by atoms with E-state index in [1.165, 1.54) is 17.0 Å². The second-order valence-corrected chi connectivity index (χ2v) is 8.83. The van der Waals surface area contributed by atoms with Crippen LogP contribution in [0.15, 0.2) is 42.5 Å². The molecule has 7 nitrogen and oxygen atoms in total.